The van der Waals surface area contributed by atoms with Gasteiger partial charge in [0.1, 0.15) is 11.6 Å². The summed E-state index contributed by atoms with van der Waals surface area (Å²) in [4.78, 5) is 0. The summed E-state index contributed by atoms with van der Waals surface area (Å²) in [5.74, 6) is -0.584. The number of halogens is 3. The van der Waals surface area contributed by atoms with E-state index in [9.17, 15) is 4.39 Å². The summed E-state index contributed by atoms with van der Waals surface area (Å²) >= 11 is 5.89. The molecule has 0 heterocycles. The summed E-state index contributed by atoms with van der Waals surface area (Å²) in [7, 11) is 0. The molecule has 0 bridgehead atoms. The minimum Gasteiger partial charge on any atom is -0.507 e. The van der Waals surface area contributed by atoms with Crippen molar-refractivity contribution in [3.8, 4) is 5.75 Å². The number of phenolic OH excluding ortho intramolecular Hbond substituents is 1. The predicted octanol–water partition coefficient (Wildman–Crippen LogP) is 3.06. The molecule has 0 spiro atoms. The standard InChI is InChI=1S/C6H3Br2FO/c7-3-1-4(9)6(8)5(10)2-3/h1-2,10H. The topological polar surface area (TPSA) is 20.2 Å². The Morgan fingerprint density at radius 1 is 1.30 bits per heavy atom. The SMILES string of the molecule is Oc1cc(Br)cc(F)c1Br. The van der Waals surface area contributed by atoms with Gasteiger partial charge in [-0.05, 0) is 28.1 Å². The third kappa shape index (κ3) is 1.49. The number of phenols is 1. The monoisotopic (exact) mass is 268 g/mol. The van der Waals surface area contributed by atoms with Gasteiger partial charge in [-0.1, -0.05) is 15.9 Å². The van der Waals surface area contributed by atoms with Crippen LogP contribution in [0.4, 0.5) is 4.39 Å². The smallest absolute Gasteiger partial charge is 0.142 e. The normalized spacial score (nSPS) is 9.90. The Labute approximate surface area is 74.1 Å². The third-order valence-electron chi connectivity index (χ3n) is 0.974. The summed E-state index contributed by atoms with van der Waals surface area (Å²) in [6, 6.07) is 2.68. The van der Waals surface area contributed by atoms with Gasteiger partial charge in [0.15, 0.2) is 0 Å². The van der Waals surface area contributed by atoms with E-state index in [4.69, 9.17) is 5.11 Å². The van der Waals surface area contributed by atoms with Crippen LogP contribution in [0, 0.1) is 5.82 Å². The van der Waals surface area contributed by atoms with Crippen molar-refractivity contribution >= 4 is 31.9 Å². The van der Waals surface area contributed by atoms with E-state index < -0.39 is 5.82 Å². The Balaban J connectivity index is 3.31. The van der Waals surface area contributed by atoms with Crippen LogP contribution in [0.5, 0.6) is 5.75 Å². The fraction of sp³-hybridized carbons (Fsp3) is 0. The zero-order chi connectivity index (χ0) is 7.72. The molecule has 0 atom stereocenters. The highest BCUT2D eigenvalue weighted by Gasteiger charge is 2.04. The van der Waals surface area contributed by atoms with Crippen LogP contribution in [-0.4, -0.2) is 5.11 Å². The molecule has 1 aromatic carbocycles. The molecule has 0 amide bonds. The Kier molecular flexibility index (Phi) is 2.31. The molecule has 0 aliphatic carbocycles. The van der Waals surface area contributed by atoms with Crippen molar-refractivity contribution in [1.82, 2.24) is 0 Å². The predicted molar refractivity (Wildman–Crippen MR) is 43.5 cm³/mol. The Morgan fingerprint density at radius 2 is 1.90 bits per heavy atom. The zero-order valence-electron chi connectivity index (χ0n) is 4.74. The van der Waals surface area contributed by atoms with Gasteiger partial charge in [0, 0.05) is 4.47 Å². The summed E-state index contributed by atoms with van der Waals surface area (Å²) in [6.45, 7) is 0. The molecule has 1 N–H and O–H groups in total. The van der Waals surface area contributed by atoms with Crippen molar-refractivity contribution < 1.29 is 9.50 Å². The average molecular weight is 270 g/mol. The van der Waals surface area contributed by atoms with Crippen LogP contribution in [0.1, 0.15) is 0 Å². The maximum absolute atomic E-state index is 12.6. The fourth-order valence-corrected chi connectivity index (χ4v) is 1.19. The van der Waals surface area contributed by atoms with Crippen molar-refractivity contribution in [3.63, 3.8) is 0 Å². The van der Waals surface area contributed by atoms with E-state index in [1.54, 1.807) is 0 Å². The van der Waals surface area contributed by atoms with Crippen LogP contribution in [0.2, 0.25) is 0 Å². The molecule has 1 rings (SSSR count). The van der Waals surface area contributed by atoms with E-state index in [0.29, 0.717) is 4.47 Å². The number of benzene rings is 1. The van der Waals surface area contributed by atoms with Gasteiger partial charge in [-0.2, -0.15) is 0 Å². The maximum Gasteiger partial charge on any atom is 0.142 e. The molecule has 0 fully saturated rings. The van der Waals surface area contributed by atoms with E-state index >= 15 is 0 Å². The van der Waals surface area contributed by atoms with Gasteiger partial charge in [0.05, 0.1) is 4.47 Å². The molecule has 0 aliphatic heterocycles. The lowest BCUT2D eigenvalue weighted by molar-refractivity contribution is 0.463. The Bertz CT molecular complexity index is 239. The Hall–Kier alpha value is -0.0900. The molecular weight excluding hydrogens is 267 g/mol. The molecule has 0 unspecified atom stereocenters. The second kappa shape index (κ2) is 2.88. The molecule has 54 valence electrons. The summed E-state index contributed by atoms with van der Waals surface area (Å²) < 4.78 is 13.2. The van der Waals surface area contributed by atoms with Crippen LogP contribution in [0.3, 0.4) is 0 Å². The van der Waals surface area contributed by atoms with Crippen LogP contribution in [-0.2, 0) is 0 Å². The molecule has 0 aliphatic rings. The first-order chi connectivity index (χ1) is 4.61. The third-order valence-corrected chi connectivity index (χ3v) is 2.22. The summed E-state index contributed by atoms with van der Waals surface area (Å²) in [5.41, 5.74) is 0. The molecule has 4 heteroatoms. The van der Waals surface area contributed by atoms with E-state index in [-0.39, 0.29) is 10.2 Å². The van der Waals surface area contributed by atoms with Crippen molar-refractivity contribution in [2.24, 2.45) is 0 Å². The lowest BCUT2D eigenvalue weighted by Crippen LogP contribution is -1.77. The van der Waals surface area contributed by atoms with E-state index in [2.05, 4.69) is 31.9 Å². The lowest BCUT2D eigenvalue weighted by atomic mass is 10.3. The quantitative estimate of drug-likeness (QED) is 0.718. The summed E-state index contributed by atoms with van der Waals surface area (Å²) in [6.07, 6.45) is 0. The second-order valence-electron chi connectivity index (χ2n) is 1.72. The number of aromatic hydroxyl groups is 1. The molecule has 0 saturated heterocycles. The zero-order valence-corrected chi connectivity index (χ0v) is 7.91. The highest BCUT2D eigenvalue weighted by molar-refractivity contribution is 9.11. The highest BCUT2D eigenvalue weighted by atomic mass is 79.9. The first-order valence-corrected chi connectivity index (χ1v) is 4.03. The van der Waals surface area contributed by atoms with Crippen molar-refractivity contribution in [1.29, 1.82) is 0 Å². The molecule has 1 nitrogen and oxygen atoms in total. The van der Waals surface area contributed by atoms with Gasteiger partial charge in [-0.3, -0.25) is 0 Å². The Morgan fingerprint density at radius 3 is 2.40 bits per heavy atom. The van der Waals surface area contributed by atoms with Gasteiger partial charge in [-0.15, -0.1) is 0 Å². The fourth-order valence-electron chi connectivity index (χ4n) is 0.542. The minimum atomic E-state index is -0.480. The molecule has 1 aromatic rings. The number of rotatable bonds is 0. The minimum absolute atomic E-state index is 0.0932. The van der Waals surface area contributed by atoms with Gasteiger partial charge in [-0.25, -0.2) is 4.39 Å². The van der Waals surface area contributed by atoms with Crippen molar-refractivity contribution in [2.75, 3.05) is 0 Å². The van der Waals surface area contributed by atoms with Crippen LogP contribution < -0.4 is 0 Å². The van der Waals surface area contributed by atoms with Crippen LogP contribution in [0.15, 0.2) is 21.1 Å². The average Bonchev–Trinajstić information content (AvgIpc) is 1.82. The van der Waals surface area contributed by atoms with E-state index in [0.717, 1.165) is 0 Å². The van der Waals surface area contributed by atoms with Crippen LogP contribution >= 0.6 is 31.9 Å². The first-order valence-electron chi connectivity index (χ1n) is 2.45. The highest BCUT2D eigenvalue weighted by Crippen LogP contribution is 2.29. The maximum atomic E-state index is 12.6. The molecule has 10 heavy (non-hydrogen) atoms. The lowest BCUT2D eigenvalue weighted by Gasteiger charge is -1.97. The van der Waals surface area contributed by atoms with Crippen LogP contribution in [0.25, 0.3) is 0 Å². The van der Waals surface area contributed by atoms with Crippen molar-refractivity contribution in [2.45, 2.75) is 0 Å². The van der Waals surface area contributed by atoms with Crippen molar-refractivity contribution in [3.05, 3.63) is 26.9 Å². The van der Waals surface area contributed by atoms with Gasteiger partial charge in [0.2, 0.25) is 0 Å². The molecule has 0 aromatic heterocycles. The first kappa shape index (κ1) is 8.01. The largest absolute Gasteiger partial charge is 0.507 e. The number of hydrogen-bond acceptors (Lipinski definition) is 1. The molecule has 0 radical (unpaired) electrons. The van der Waals surface area contributed by atoms with Gasteiger partial charge >= 0.3 is 0 Å². The van der Waals surface area contributed by atoms with Gasteiger partial charge < -0.3 is 5.11 Å². The molecular formula is C6H3Br2FO. The van der Waals surface area contributed by atoms with E-state index in [1.807, 2.05) is 0 Å². The number of hydrogen-bond donors (Lipinski definition) is 1. The molecule has 0 saturated carbocycles. The van der Waals surface area contributed by atoms with Gasteiger partial charge in [0.25, 0.3) is 0 Å². The summed E-state index contributed by atoms with van der Waals surface area (Å²) in [5, 5.41) is 8.96. The van der Waals surface area contributed by atoms with E-state index in [1.165, 1.54) is 12.1 Å². The second-order valence-corrected chi connectivity index (χ2v) is 3.43.